The van der Waals surface area contributed by atoms with E-state index in [4.69, 9.17) is 9.84 Å². The van der Waals surface area contributed by atoms with Crippen molar-refractivity contribution in [2.24, 2.45) is 5.41 Å². The van der Waals surface area contributed by atoms with Crippen LogP contribution in [0, 0.1) is 5.41 Å². The Balaban J connectivity index is 2.58. The molecule has 1 aromatic carbocycles. The molecule has 3 N–H and O–H groups in total. The van der Waals surface area contributed by atoms with Crippen molar-refractivity contribution in [3.63, 3.8) is 0 Å². The molecule has 0 fully saturated rings. The summed E-state index contributed by atoms with van der Waals surface area (Å²) in [6.07, 6.45) is 0.0260. The third-order valence-corrected chi connectivity index (χ3v) is 3.77. The van der Waals surface area contributed by atoms with Gasteiger partial charge in [0.05, 0.1) is 13.0 Å². The van der Waals surface area contributed by atoms with Gasteiger partial charge < -0.3 is 20.3 Å². The van der Waals surface area contributed by atoms with Crippen LogP contribution in [0.25, 0.3) is 0 Å². The van der Waals surface area contributed by atoms with E-state index in [1.807, 2.05) is 30.3 Å². The van der Waals surface area contributed by atoms with E-state index in [0.717, 1.165) is 12.0 Å². The van der Waals surface area contributed by atoms with E-state index in [1.165, 1.54) is 0 Å². The van der Waals surface area contributed by atoms with Crippen LogP contribution in [-0.4, -0.2) is 47.4 Å². The van der Waals surface area contributed by atoms with E-state index < -0.39 is 24.1 Å². The van der Waals surface area contributed by atoms with Crippen molar-refractivity contribution in [1.29, 1.82) is 0 Å². The third kappa shape index (κ3) is 9.84. The van der Waals surface area contributed by atoms with Gasteiger partial charge in [-0.15, -0.1) is 0 Å². The molecule has 1 aromatic rings. The first-order valence-corrected chi connectivity index (χ1v) is 8.51. The molecule has 2 unspecified atom stereocenters. The first kappa shape index (κ1) is 21.1. The van der Waals surface area contributed by atoms with Crippen molar-refractivity contribution in [3.05, 3.63) is 35.9 Å². The number of nitrogens with one attached hydrogen (secondary N) is 1. The first-order chi connectivity index (χ1) is 11.7. The average Bonchev–Trinajstić information content (AvgIpc) is 2.50. The smallest absolute Gasteiger partial charge is 0.333 e. The molecule has 0 bridgehead atoms. The summed E-state index contributed by atoms with van der Waals surface area (Å²) in [7, 11) is 0. The van der Waals surface area contributed by atoms with E-state index in [-0.39, 0.29) is 24.9 Å². The average molecular weight is 351 g/mol. The highest BCUT2D eigenvalue weighted by atomic mass is 16.5. The predicted octanol–water partition coefficient (Wildman–Crippen LogP) is 2.57. The normalized spacial score (nSPS) is 14.0. The topological polar surface area (TPSA) is 95.9 Å². The van der Waals surface area contributed by atoms with Crippen LogP contribution in [0.15, 0.2) is 30.3 Å². The zero-order valence-corrected chi connectivity index (χ0v) is 15.2. The second kappa shape index (κ2) is 10.2. The van der Waals surface area contributed by atoms with Crippen molar-refractivity contribution in [2.45, 2.75) is 52.2 Å². The summed E-state index contributed by atoms with van der Waals surface area (Å²) < 4.78 is 5.53. The molecule has 6 heteroatoms. The highest BCUT2D eigenvalue weighted by Crippen LogP contribution is 2.17. The summed E-state index contributed by atoms with van der Waals surface area (Å²) in [6.45, 7) is 7.02. The molecular formula is C19H29NO5. The molecule has 1 rings (SSSR count). The number of benzene rings is 1. The van der Waals surface area contributed by atoms with E-state index in [2.05, 4.69) is 26.1 Å². The lowest BCUT2D eigenvalue weighted by atomic mass is 9.92. The maximum atomic E-state index is 11.4. The van der Waals surface area contributed by atoms with Crippen LogP contribution in [0.5, 0.6) is 0 Å². The van der Waals surface area contributed by atoms with Crippen LogP contribution in [0.4, 0.5) is 0 Å². The quantitative estimate of drug-likeness (QED) is 0.567. The number of ether oxygens (including phenoxy) is 1. The summed E-state index contributed by atoms with van der Waals surface area (Å²) in [5, 5.41) is 21.6. The predicted molar refractivity (Wildman–Crippen MR) is 95.6 cm³/mol. The largest absolute Gasteiger partial charge is 0.481 e. The minimum absolute atomic E-state index is 0.0419. The Bertz CT molecular complexity index is 538. The van der Waals surface area contributed by atoms with Gasteiger partial charge in [-0.3, -0.25) is 4.79 Å². The minimum atomic E-state index is -1.05. The zero-order valence-electron chi connectivity index (χ0n) is 15.2. The van der Waals surface area contributed by atoms with E-state index in [0.29, 0.717) is 6.54 Å². The number of carbonyl (C=O) groups is 2. The lowest BCUT2D eigenvalue weighted by Gasteiger charge is -2.23. The summed E-state index contributed by atoms with van der Waals surface area (Å²) in [5.74, 6) is -1.99. The molecule has 0 aliphatic heterocycles. The van der Waals surface area contributed by atoms with Crippen LogP contribution in [-0.2, 0) is 20.7 Å². The van der Waals surface area contributed by atoms with Crippen molar-refractivity contribution in [2.75, 3.05) is 13.2 Å². The van der Waals surface area contributed by atoms with Gasteiger partial charge in [-0.05, 0) is 23.9 Å². The fourth-order valence-electron chi connectivity index (χ4n) is 2.33. The summed E-state index contributed by atoms with van der Waals surface area (Å²) in [6, 6.07) is 8.82. The molecule has 0 saturated heterocycles. The second-order valence-electron chi connectivity index (χ2n) is 7.41. The monoisotopic (exact) mass is 351 g/mol. The molecule has 0 spiro atoms. The summed E-state index contributed by atoms with van der Waals surface area (Å²) in [4.78, 5) is 22.4. The molecule has 6 nitrogen and oxygen atoms in total. The molecule has 25 heavy (non-hydrogen) atoms. The Kier molecular flexibility index (Phi) is 8.58. The zero-order chi connectivity index (χ0) is 18.9. The van der Waals surface area contributed by atoms with Gasteiger partial charge in [0, 0.05) is 12.5 Å². The molecular weight excluding hydrogens is 322 g/mol. The maximum Gasteiger partial charge on any atom is 0.333 e. The van der Waals surface area contributed by atoms with E-state index in [9.17, 15) is 14.7 Å². The van der Waals surface area contributed by atoms with Gasteiger partial charge >= 0.3 is 11.9 Å². The standard InChI is InChI=1S/C19H29NO5/c1-19(2,3)9-10-20-15(12-17(21)22)13-25-16(18(23)24)11-14-7-5-4-6-8-14/h4-8,15-16,20H,9-13H2,1-3H3,(H,21,22)(H,23,24). The molecule has 140 valence electrons. The number of aliphatic carboxylic acids is 2. The van der Waals surface area contributed by atoms with Gasteiger partial charge in [-0.1, -0.05) is 51.1 Å². The van der Waals surface area contributed by atoms with E-state index >= 15 is 0 Å². The second-order valence-corrected chi connectivity index (χ2v) is 7.41. The fourth-order valence-corrected chi connectivity index (χ4v) is 2.33. The first-order valence-electron chi connectivity index (χ1n) is 8.51. The molecule has 0 radical (unpaired) electrons. The van der Waals surface area contributed by atoms with Gasteiger partial charge in [0.2, 0.25) is 0 Å². The fraction of sp³-hybridized carbons (Fsp3) is 0.579. The third-order valence-electron chi connectivity index (χ3n) is 3.77. The van der Waals surface area contributed by atoms with Crippen molar-refractivity contribution in [3.8, 4) is 0 Å². The minimum Gasteiger partial charge on any atom is -0.481 e. The molecule has 0 saturated carbocycles. The van der Waals surface area contributed by atoms with Crippen LogP contribution in [0.3, 0.4) is 0 Å². The molecule has 0 amide bonds. The lowest BCUT2D eigenvalue weighted by molar-refractivity contribution is -0.151. The van der Waals surface area contributed by atoms with E-state index in [1.54, 1.807) is 0 Å². The Morgan fingerprint density at radius 3 is 2.32 bits per heavy atom. The molecule has 0 aromatic heterocycles. The number of hydrogen-bond acceptors (Lipinski definition) is 4. The highest BCUT2D eigenvalue weighted by molar-refractivity contribution is 5.72. The van der Waals surface area contributed by atoms with Gasteiger partial charge in [-0.2, -0.15) is 0 Å². The van der Waals surface area contributed by atoms with Gasteiger partial charge in [0.15, 0.2) is 6.10 Å². The van der Waals surface area contributed by atoms with Crippen molar-refractivity contribution in [1.82, 2.24) is 5.32 Å². The number of carboxylic acids is 2. The van der Waals surface area contributed by atoms with Crippen LogP contribution in [0.2, 0.25) is 0 Å². The van der Waals surface area contributed by atoms with Gasteiger partial charge in [0.1, 0.15) is 0 Å². The Labute approximate surface area is 149 Å². The Morgan fingerprint density at radius 1 is 1.16 bits per heavy atom. The number of carboxylic acid groups (broad SMARTS) is 2. The molecule has 0 aliphatic carbocycles. The Hall–Kier alpha value is -1.92. The molecule has 2 atom stereocenters. The molecule has 0 aliphatic rings. The number of hydrogen-bond donors (Lipinski definition) is 3. The van der Waals surface area contributed by atoms with Crippen LogP contribution >= 0.6 is 0 Å². The Morgan fingerprint density at radius 2 is 1.80 bits per heavy atom. The van der Waals surface area contributed by atoms with Crippen molar-refractivity contribution < 1.29 is 24.5 Å². The maximum absolute atomic E-state index is 11.4. The van der Waals surface area contributed by atoms with Crippen molar-refractivity contribution >= 4 is 11.9 Å². The van der Waals surface area contributed by atoms with Crippen LogP contribution in [0.1, 0.15) is 39.2 Å². The SMILES string of the molecule is CC(C)(C)CCNC(COC(Cc1ccccc1)C(=O)O)CC(=O)O. The van der Waals surface area contributed by atoms with Gasteiger partial charge in [-0.25, -0.2) is 4.79 Å². The summed E-state index contributed by atoms with van der Waals surface area (Å²) in [5.41, 5.74) is 1.00. The number of rotatable bonds is 11. The summed E-state index contributed by atoms with van der Waals surface area (Å²) >= 11 is 0. The highest BCUT2D eigenvalue weighted by Gasteiger charge is 2.22. The lowest BCUT2D eigenvalue weighted by Crippen LogP contribution is -2.40. The molecule has 0 heterocycles. The van der Waals surface area contributed by atoms with Crippen LogP contribution < -0.4 is 5.32 Å². The van der Waals surface area contributed by atoms with Gasteiger partial charge in [0.25, 0.3) is 0 Å².